The monoisotopic (exact) mass is 272 g/mol. The fraction of sp³-hybridized carbons (Fsp3) is 0.375. The Kier molecular flexibility index (Phi) is 3.38. The van der Waals surface area contributed by atoms with Gasteiger partial charge in [-0.25, -0.2) is 4.39 Å². The zero-order valence-electron chi connectivity index (χ0n) is 11.5. The van der Waals surface area contributed by atoms with Gasteiger partial charge < -0.3 is 5.32 Å². The van der Waals surface area contributed by atoms with E-state index in [9.17, 15) is 9.18 Å². The average molecular weight is 272 g/mol. The van der Waals surface area contributed by atoms with Crippen LogP contribution in [0, 0.1) is 5.82 Å². The van der Waals surface area contributed by atoms with Gasteiger partial charge >= 0.3 is 0 Å². The van der Waals surface area contributed by atoms with Gasteiger partial charge in [-0.3, -0.25) is 9.78 Å². The topological polar surface area (TPSA) is 42.0 Å². The highest BCUT2D eigenvalue weighted by Gasteiger charge is 2.22. The molecule has 0 spiro atoms. The summed E-state index contributed by atoms with van der Waals surface area (Å²) in [6.45, 7) is 2.45. The van der Waals surface area contributed by atoms with E-state index in [1.165, 1.54) is 12.1 Å². The highest BCUT2D eigenvalue weighted by atomic mass is 19.1. The molecule has 0 bridgehead atoms. The molecular weight excluding hydrogens is 255 g/mol. The van der Waals surface area contributed by atoms with E-state index in [1.807, 2.05) is 6.92 Å². The van der Waals surface area contributed by atoms with Crippen molar-refractivity contribution < 1.29 is 9.18 Å². The first kappa shape index (κ1) is 13.0. The van der Waals surface area contributed by atoms with Gasteiger partial charge in [0.05, 0.1) is 11.1 Å². The first-order chi connectivity index (χ1) is 9.70. The Hall–Kier alpha value is -1.97. The van der Waals surface area contributed by atoms with Gasteiger partial charge in [0.25, 0.3) is 5.91 Å². The van der Waals surface area contributed by atoms with Gasteiger partial charge in [-0.2, -0.15) is 0 Å². The normalized spacial score (nSPS) is 14.1. The van der Waals surface area contributed by atoms with Gasteiger partial charge in [0, 0.05) is 17.6 Å². The van der Waals surface area contributed by atoms with Crippen LogP contribution in [0.3, 0.4) is 0 Å². The Morgan fingerprint density at radius 1 is 1.35 bits per heavy atom. The van der Waals surface area contributed by atoms with E-state index in [2.05, 4.69) is 10.3 Å². The average Bonchev–Trinajstić information content (AvgIpc) is 2.45. The van der Waals surface area contributed by atoms with Gasteiger partial charge in [-0.1, -0.05) is 0 Å². The van der Waals surface area contributed by atoms with E-state index in [0.717, 1.165) is 36.9 Å². The second kappa shape index (κ2) is 5.19. The number of amides is 1. The molecule has 0 unspecified atom stereocenters. The maximum Gasteiger partial charge on any atom is 0.252 e. The first-order valence-electron chi connectivity index (χ1n) is 7.10. The van der Waals surface area contributed by atoms with Gasteiger partial charge in [-0.05, 0) is 56.4 Å². The van der Waals surface area contributed by atoms with Crippen LogP contribution in [-0.4, -0.2) is 17.4 Å². The second-order valence-corrected chi connectivity index (χ2v) is 5.14. The number of rotatable bonds is 2. The van der Waals surface area contributed by atoms with Crippen LogP contribution in [0.15, 0.2) is 18.2 Å². The van der Waals surface area contributed by atoms with E-state index in [0.29, 0.717) is 23.0 Å². The van der Waals surface area contributed by atoms with Crippen molar-refractivity contribution in [1.82, 2.24) is 10.3 Å². The highest BCUT2D eigenvalue weighted by molar-refractivity contribution is 6.07. The number of carbonyl (C=O) groups excluding carboxylic acids is 1. The third-order valence-corrected chi connectivity index (χ3v) is 3.79. The number of nitrogens with one attached hydrogen (secondary N) is 1. The maximum absolute atomic E-state index is 13.5. The molecule has 2 aromatic rings. The summed E-state index contributed by atoms with van der Waals surface area (Å²) in [5, 5.41) is 3.46. The number of hydrogen-bond acceptors (Lipinski definition) is 2. The summed E-state index contributed by atoms with van der Waals surface area (Å²) in [5.41, 5.74) is 3.32. The first-order valence-corrected chi connectivity index (χ1v) is 7.10. The third kappa shape index (κ3) is 2.15. The number of aromatic nitrogens is 1. The largest absolute Gasteiger partial charge is 0.352 e. The fourth-order valence-corrected chi connectivity index (χ4v) is 2.90. The van der Waals surface area contributed by atoms with E-state index in [4.69, 9.17) is 0 Å². The molecule has 0 atom stereocenters. The van der Waals surface area contributed by atoms with Crippen LogP contribution < -0.4 is 5.32 Å². The molecule has 1 N–H and O–H groups in total. The molecule has 104 valence electrons. The minimum Gasteiger partial charge on any atom is -0.352 e. The molecule has 4 heteroatoms. The lowest BCUT2D eigenvalue weighted by Crippen LogP contribution is -2.26. The summed E-state index contributed by atoms with van der Waals surface area (Å²) in [6.07, 6.45) is 3.90. The zero-order valence-corrected chi connectivity index (χ0v) is 11.5. The number of aryl methyl sites for hydroxylation is 1. The predicted octanol–water partition coefficient (Wildman–Crippen LogP) is 3.00. The van der Waals surface area contributed by atoms with Crippen molar-refractivity contribution in [2.45, 2.75) is 32.6 Å². The fourth-order valence-electron chi connectivity index (χ4n) is 2.90. The summed E-state index contributed by atoms with van der Waals surface area (Å²) in [4.78, 5) is 17.0. The van der Waals surface area contributed by atoms with E-state index in [1.54, 1.807) is 6.07 Å². The SMILES string of the molecule is CCNC(=O)c1c2c(nc3ccc(F)cc13)CCCC2. The van der Waals surface area contributed by atoms with Crippen LogP contribution >= 0.6 is 0 Å². The number of nitrogens with zero attached hydrogens (tertiary/aromatic N) is 1. The van der Waals surface area contributed by atoms with Crippen molar-refractivity contribution in [2.24, 2.45) is 0 Å². The summed E-state index contributed by atoms with van der Waals surface area (Å²) >= 11 is 0. The molecule has 0 fully saturated rings. The molecule has 1 aliphatic carbocycles. The molecule has 3 rings (SSSR count). The number of carbonyl (C=O) groups is 1. The minimum atomic E-state index is -0.333. The Balaban J connectivity index is 2.30. The van der Waals surface area contributed by atoms with Crippen LogP contribution in [0.2, 0.25) is 0 Å². The van der Waals surface area contributed by atoms with Crippen molar-refractivity contribution in [3.8, 4) is 0 Å². The molecule has 1 heterocycles. The molecule has 1 amide bonds. The van der Waals surface area contributed by atoms with Crippen molar-refractivity contribution >= 4 is 16.8 Å². The summed E-state index contributed by atoms with van der Waals surface area (Å²) in [7, 11) is 0. The number of fused-ring (bicyclic) bond motifs is 2. The maximum atomic E-state index is 13.5. The summed E-state index contributed by atoms with van der Waals surface area (Å²) in [6, 6.07) is 4.47. The molecule has 1 aliphatic rings. The Morgan fingerprint density at radius 3 is 2.95 bits per heavy atom. The molecule has 0 saturated heterocycles. The van der Waals surface area contributed by atoms with Crippen LogP contribution in [0.25, 0.3) is 10.9 Å². The number of halogens is 1. The van der Waals surface area contributed by atoms with Crippen molar-refractivity contribution in [1.29, 1.82) is 0 Å². The van der Waals surface area contributed by atoms with Crippen LogP contribution in [0.4, 0.5) is 4.39 Å². The molecule has 1 aromatic carbocycles. The van der Waals surface area contributed by atoms with Crippen molar-refractivity contribution in [3.05, 3.63) is 40.8 Å². The number of benzene rings is 1. The van der Waals surface area contributed by atoms with Gasteiger partial charge in [0.1, 0.15) is 5.82 Å². The van der Waals surface area contributed by atoms with Crippen LogP contribution in [-0.2, 0) is 12.8 Å². The Bertz CT molecular complexity index is 682. The highest BCUT2D eigenvalue weighted by Crippen LogP contribution is 2.29. The molecule has 20 heavy (non-hydrogen) atoms. The van der Waals surface area contributed by atoms with Gasteiger partial charge in [0.15, 0.2) is 0 Å². The standard InChI is InChI=1S/C16H17FN2O/c1-2-18-16(20)15-11-5-3-4-6-13(11)19-14-8-7-10(17)9-12(14)15/h7-9H,2-6H2,1H3,(H,18,20). The second-order valence-electron chi connectivity index (χ2n) is 5.14. The lowest BCUT2D eigenvalue weighted by Gasteiger charge is -2.20. The van der Waals surface area contributed by atoms with E-state index >= 15 is 0 Å². The summed E-state index contributed by atoms with van der Waals surface area (Å²) in [5.74, 6) is -0.454. The van der Waals surface area contributed by atoms with E-state index < -0.39 is 0 Å². The smallest absolute Gasteiger partial charge is 0.252 e. The minimum absolute atomic E-state index is 0.122. The number of hydrogen-bond donors (Lipinski definition) is 1. The van der Waals surface area contributed by atoms with E-state index in [-0.39, 0.29) is 11.7 Å². The molecule has 3 nitrogen and oxygen atoms in total. The summed E-state index contributed by atoms with van der Waals surface area (Å²) < 4.78 is 13.5. The Labute approximate surface area is 117 Å². The predicted molar refractivity (Wildman–Crippen MR) is 76.4 cm³/mol. The lowest BCUT2D eigenvalue weighted by molar-refractivity contribution is 0.0956. The Morgan fingerprint density at radius 2 is 2.15 bits per heavy atom. The lowest BCUT2D eigenvalue weighted by atomic mass is 9.89. The molecule has 0 radical (unpaired) electrons. The molecule has 0 aliphatic heterocycles. The van der Waals surface area contributed by atoms with Crippen molar-refractivity contribution in [2.75, 3.05) is 6.54 Å². The number of pyridine rings is 1. The molecule has 0 saturated carbocycles. The van der Waals surface area contributed by atoms with Crippen LogP contribution in [0.1, 0.15) is 41.4 Å². The molecule has 1 aromatic heterocycles. The van der Waals surface area contributed by atoms with Gasteiger partial charge in [-0.15, -0.1) is 0 Å². The van der Waals surface area contributed by atoms with Crippen molar-refractivity contribution in [3.63, 3.8) is 0 Å². The zero-order chi connectivity index (χ0) is 14.1. The third-order valence-electron chi connectivity index (χ3n) is 3.79. The van der Waals surface area contributed by atoms with Gasteiger partial charge in [0.2, 0.25) is 0 Å². The molecular formula is C16H17FN2O. The quantitative estimate of drug-likeness (QED) is 0.913. The van der Waals surface area contributed by atoms with Crippen LogP contribution in [0.5, 0.6) is 0 Å².